The molecule has 1 atom stereocenters. The Morgan fingerprint density at radius 3 is 2.89 bits per heavy atom. The lowest BCUT2D eigenvalue weighted by molar-refractivity contribution is -0.115. The first kappa shape index (κ1) is 17.5. The van der Waals surface area contributed by atoms with Crippen LogP contribution < -0.4 is 10.6 Å². The molecule has 0 saturated carbocycles. The summed E-state index contributed by atoms with van der Waals surface area (Å²) in [5.74, 6) is -0.319. The number of nitrogens with one attached hydrogen (secondary N) is 2. The Bertz CT molecular complexity index is 883. The van der Waals surface area contributed by atoms with E-state index in [4.69, 9.17) is 0 Å². The van der Waals surface area contributed by atoms with Crippen LogP contribution in [0.1, 0.15) is 42.9 Å². The van der Waals surface area contributed by atoms with Crippen molar-refractivity contribution in [3.63, 3.8) is 0 Å². The molecule has 4 rings (SSSR count). The van der Waals surface area contributed by atoms with E-state index in [1.165, 1.54) is 12.1 Å². The predicted molar refractivity (Wildman–Crippen MR) is 102 cm³/mol. The molecule has 0 bridgehead atoms. The highest BCUT2D eigenvalue weighted by atomic mass is 19.1. The van der Waals surface area contributed by atoms with Crippen LogP contribution in [0.25, 0.3) is 0 Å². The lowest BCUT2D eigenvalue weighted by Crippen LogP contribution is -2.38. The number of anilines is 2. The van der Waals surface area contributed by atoms with Gasteiger partial charge < -0.3 is 15.5 Å². The lowest BCUT2D eigenvalue weighted by Gasteiger charge is -2.30. The first-order valence-corrected chi connectivity index (χ1v) is 9.36. The van der Waals surface area contributed by atoms with Crippen LogP contribution in [0.5, 0.6) is 0 Å². The van der Waals surface area contributed by atoms with Gasteiger partial charge in [0.2, 0.25) is 5.91 Å². The Morgan fingerprint density at radius 1 is 1.15 bits per heavy atom. The quantitative estimate of drug-likeness (QED) is 0.823. The van der Waals surface area contributed by atoms with Crippen LogP contribution in [0.2, 0.25) is 0 Å². The number of carbonyl (C=O) groups excluding carboxylic acids is 2. The van der Waals surface area contributed by atoms with E-state index in [-0.39, 0.29) is 23.8 Å². The lowest BCUT2D eigenvalue weighted by atomic mass is 10.0. The summed E-state index contributed by atoms with van der Waals surface area (Å²) in [7, 11) is 0. The highest BCUT2D eigenvalue weighted by Crippen LogP contribution is 2.32. The molecule has 2 aliphatic rings. The zero-order valence-corrected chi connectivity index (χ0v) is 15.0. The fraction of sp³-hybridized carbons (Fsp3) is 0.333. The number of fused-ring (bicyclic) bond motifs is 1. The fourth-order valence-corrected chi connectivity index (χ4v) is 3.91. The van der Waals surface area contributed by atoms with Gasteiger partial charge in [0.15, 0.2) is 0 Å². The normalized spacial score (nSPS) is 19.2. The van der Waals surface area contributed by atoms with E-state index >= 15 is 0 Å². The molecule has 0 spiro atoms. The molecule has 3 amide bonds. The zero-order valence-electron chi connectivity index (χ0n) is 15.0. The van der Waals surface area contributed by atoms with Crippen molar-refractivity contribution in [3.8, 4) is 0 Å². The Hall–Kier alpha value is -2.89. The fourth-order valence-electron chi connectivity index (χ4n) is 3.91. The molecule has 1 fully saturated rings. The Labute approximate surface area is 157 Å². The van der Waals surface area contributed by atoms with Gasteiger partial charge in [-0.15, -0.1) is 0 Å². The van der Waals surface area contributed by atoms with E-state index in [0.29, 0.717) is 18.7 Å². The van der Waals surface area contributed by atoms with Crippen LogP contribution >= 0.6 is 0 Å². The van der Waals surface area contributed by atoms with Gasteiger partial charge >= 0.3 is 6.03 Å². The van der Waals surface area contributed by atoms with Crippen molar-refractivity contribution in [3.05, 3.63) is 59.4 Å². The van der Waals surface area contributed by atoms with Crippen molar-refractivity contribution in [2.24, 2.45) is 0 Å². The van der Waals surface area contributed by atoms with Gasteiger partial charge in [-0.25, -0.2) is 9.18 Å². The number of urea groups is 1. The maximum atomic E-state index is 13.7. The van der Waals surface area contributed by atoms with Crippen LogP contribution in [0.15, 0.2) is 42.5 Å². The molecule has 27 heavy (non-hydrogen) atoms. The largest absolute Gasteiger partial charge is 0.326 e. The summed E-state index contributed by atoms with van der Waals surface area (Å²) >= 11 is 0. The first-order chi connectivity index (χ1) is 13.1. The number of nitrogens with zero attached hydrogens (tertiary/aromatic N) is 1. The SMILES string of the molecule is O=C1Cc2cc(NC(=O)N3CCCCC[C@@H]3c3cccc(F)c3)ccc2N1. The molecule has 0 aromatic heterocycles. The average Bonchev–Trinajstić information content (AvgIpc) is 2.86. The Balaban J connectivity index is 1.55. The number of benzene rings is 2. The minimum Gasteiger partial charge on any atom is -0.326 e. The second-order valence-electron chi connectivity index (χ2n) is 7.14. The zero-order chi connectivity index (χ0) is 18.8. The Kier molecular flexibility index (Phi) is 4.79. The van der Waals surface area contributed by atoms with E-state index in [1.54, 1.807) is 17.0 Å². The van der Waals surface area contributed by atoms with Crippen LogP contribution in [0, 0.1) is 5.82 Å². The molecular weight excluding hydrogens is 345 g/mol. The summed E-state index contributed by atoms with van der Waals surface area (Å²) in [5.41, 5.74) is 3.18. The van der Waals surface area contributed by atoms with E-state index in [9.17, 15) is 14.0 Å². The van der Waals surface area contributed by atoms with E-state index in [2.05, 4.69) is 10.6 Å². The van der Waals surface area contributed by atoms with Crippen molar-refractivity contribution >= 4 is 23.3 Å². The van der Waals surface area contributed by atoms with Gasteiger partial charge in [0.05, 0.1) is 12.5 Å². The topological polar surface area (TPSA) is 61.4 Å². The third-order valence-corrected chi connectivity index (χ3v) is 5.23. The van der Waals surface area contributed by atoms with Gasteiger partial charge in [-0.3, -0.25) is 4.79 Å². The van der Waals surface area contributed by atoms with Gasteiger partial charge in [0.25, 0.3) is 0 Å². The molecule has 1 saturated heterocycles. The second kappa shape index (κ2) is 7.39. The summed E-state index contributed by atoms with van der Waals surface area (Å²) in [4.78, 5) is 26.3. The van der Waals surface area contributed by atoms with E-state index in [0.717, 1.165) is 42.5 Å². The molecule has 0 radical (unpaired) electrons. The van der Waals surface area contributed by atoms with Gasteiger partial charge in [0, 0.05) is 17.9 Å². The summed E-state index contributed by atoms with van der Waals surface area (Å²) in [6, 6.07) is 11.6. The second-order valence-corrected chi connectivity index (χ2v) is 7.14. The van der Waals surface area contributed by atoms with Crippen LogP contribution in [-0.2, 0) is 11.2 Å². The molecule has 2 aromatic rings. The van der Waals surface area contributed by atoms with Gasteiger partial charge in [0.1, 0.15) is 5.82 Å². The van der Waals surface area contributed by atoms with Gasteiger partial charge in [-0.1, -0.05) is 25.0 Å². The summed E-state index contributed by atoms with van der Waals surface area (Å²) in [5, 5.41) is 5.74. The van der Waals surface area contributed by atoms with Crippen molar-refractivity contribution in [2.45, 2.75) is 38.1 Å². The molecule has 5 nitrogen and oxygen atoms in total. The maximum Gasteiger partial charge on any atom is 0.322 e. The number of amides is 3. The summed E-state index contributed by atoms with van der Waals surface area (Å²) in [6.07, 6.45) is 4.15. The Morgan fingerprint density at radius 2 is 2.04 bits per heavy atom. The smallest absolute Gasteiger partial charge is 0.322 e. The highest BCUT2D eigenvalue weighted by Gasteiger charge is 2.27. The standard InChI is InChI=1S/C21H22FN3O2/c22-16-6-4-5-14(11-16)19-7-2-1-3-10-25(19)21(27)23-17-8-9-18-15(12-17)13-20(26)24-18/h4-6,8-9,11-12,19H,1-3,7,10,13H2,(H,23,27)(H,24,26)/t19-/m1/s1. The molecule has 0 aliphatic carbocycles. The number of likely N-dealkylation sites (tertiary alicyclic amines) is 1. The highest BCUT2D eigenvalue weighted by molar-refractivity contribution is 6.00. The molecular formula is C21H22FN3O2. The minimum atomic E-state index is -0.284. The number of hydrogen-bond donors (Lipinski definition) is 2. The molecule has 0 unspecified atom stereocenters. The number of carbonyl (C=O) groups is 2. The molecule has 2 aromatic carbocycles. The third-order valence-electron chi connectivity index (χ3n) is 5.23. The van der Waals surface area contributed by atoms with Crippen LogP contribution in [0.4, 0.5) is 20.6 Å². The third kappa shape index (κ3) is 3.79. The maximum absolute atomic E-state index is 13.7. The molecule has 140 valence electrons. The van der Waals surface area contributed by atoms with E-state index in [1.807, 2.05) is 18.2 Å². The molecule has 2 N–H and O–H groups in total. The summed E-state index contributed by atoms with van der Waals surface area (Å²) < 4.78 is 13.7. The monoisotopic (exact) mass is 367 g/mol. The predicted octanol–water partition coefficient (Wildman–Crippen LogP) is 4.47. The van der Waals surface area contributed by atoms with E-state index < -0.39 is 0 Å². The van der Waals surface area contributed by atoms with Crippen molar-refractivity contribution in [1.29, 1.82) is 0 Å². The minimum absolute atomic E-state index is 0.0350. The number of halogens is 1. The molecule has 2 heterocycles. The molecule has 2 aliphatic heterocycles. The van der Waals surface area contributed by atoms with Crippen molar-refractivity contribution in [2.75, 3.05) is 17.2 Å². The average molecular weight is 367 g/mol. The van der Waals surface area contributed by atoms with Crippen molar-refractivity contribution in [1.82, 2.24) is 4.90 Å². The van der Waals surface area contributed by atoms with Crippen molar-refractivity contribution < 1.29 is 14.0 Å². The van der Waals surface area contributed by atoms with Crippen LogP contribution in [-0.4, -0.2) is 23.4 Å². The number of rotatable bonds is 2. The number of hydrogen-bond acceptors (Lipinski definition) is 2. The van der Waals surface area contributed by atoms with Gasteiger partial charge in [-0.05, 0) is 54.3 Å². The van der Waals surface area contributed by atoms with Gasteiger partial charge in [-0.2, -0.15) is 0 Å². The molecule has 6 heteroatoms. The van der Waals surface area contributed by atoms with Crippen LogP contribution in [0.3, 0.4) is 0 Å². The summed E-state index contributed by atoms with van der Waals surface area (Å²) in [6.45, 7) is 0.637. The first-order valence-electron chi connectivity index (χ1n) is 9.36.